The molecule has 0 amide bonds. The number of benzene rings is 6. The van der Waals surface area contributed by atoms with Gasteiger partial charge in [-0.3, -0.25) is 9.59 Å². The molecule has 4 bridgehead atoms. The van der Waals surface area contributed by atoms with Gasteiger partial charge in [-0.1, -0.05) is 102 Å². The van der Waals surface area contributed by atoms with E-state index < -0.39 is 0 Å². The van der Waals surface area contributed by atoms with Crippen LogP contribution in [0, 0.1) is 17.8 Å². The minimum Gasteiger partial charge on any atom is -0.332 e. The van der Waals surface area contributed by atoms with Gasteiger partial charge in [0.2, 0.25) is 0 Å². The van der Waals surface area contributed by atoms with E-state index in [1.165, 1.54) is 71.1 Å². The van der Waals surface area contributed by atoms with Gasteiger partial charge in [-0.15, -0.1) is 0 Å². The highest BCUT2D eigenvalue weighted by Gasteiger charge is 2.53. The number of aromatic nitrogens is 3. The molecule has 0 atom stereocenters. The van der Waals surface area contributed by atoms with Crippen LogP contribution in [0.25, 0.3) is 87.4 Å². The smallest absolute Gasteiger partial charge is 0.197 e. The van der Waals surface area contributed by atoms with Crippen molar-refractivity contribution in [3.63, 3.8) is 0 Å². The maximum absolute atomic E-state index is 15.3. The Kier molecular flexibility index (Phi) is 6.86. The number of hydrogen-bond acceptors (Lipinski definition) is 2. The summed E-state index contributed by atoms with van der Waals surface area (Å²) in [7, 11) is 0. The molecule has 0 unspecified atom stereocenters. The largest absolute Gasteiger partial charge is 0.332 e. The van der Waals surface area contributed by atoms with Crippen LogP contribution in [0.2, 0.25) is 0 Å². The van der Waals surface area contributed by atoms with E-state index in [9.17, 15) is 0 Å². The third kappa shape index (κ3) is 4.73. The number of nitrogens with zero attached hydrogens (tertiary/aromatic N) is 3. The molecule has 0 N–H and O–H groups in total. The first kappa shape index (κ1) is 35.8. The summed E-state index contributed by atoms with van der Waals surface area (Å²) in [6.45, 7) is 13.2. The number of para-hydroxylation sites is 2. The van der Waals surface area contributed by atoms with E-state index in [0.29, 0.717) is 27.1 Å². The summed E-state index contributed by atoms with van der Waals surface area (Å²) in [5.74, 6) is 2.35. The zero-order valence-corrected chi connectivity index (χ0v) is 36.0. The minimum absolute atomic E-state index is 0.0355. The molecule has 6 aromatic carbocycles. The normalized spacial score (nSPS) is 21.9. The second-order valence-corrected chi connectivity index (χ2v) is 21.6. The van der Waals surface area contributed by atoms with E-state index in [-0.39, 0.29) is 27.2 Å². The molecule has 4 aromatic heterocycles. The summed E-state index contributed by atoms with van der Waals surface area (Å²) in [5.41, 5.74) is 9.95. The van der Waals surface area contributed by atoms with Gasteiger partial charge in [0.1, 0.15) is 0 Å². The molecule has 5 heteroatoms. The Morgan fingerprint density at radius 2 is 0.934 bits per heavy atom. The quantitative estimate of drug-likeness (QED) is 0.129. The van der Waals surface area contributed by atoms with Crippen LogP contribution >= 0.6 is 0 Å². The summed E-state index contributed by atoms with van der Waals surface area (Å²) < 4.78 is 7.43. The monoisotopic (exact) mass is 797 g/mol. The van der Waals surface area contributed by atoms with Crippen molar-refractivity contribution in [2.75, 3.05) is 0 Å². The van der Waals surface area contributed by atoms with Gasteiger partial charge in [-0.05, 0) is 127 Å². The van der Waals surface area contributed by atoms with E-state index in [4.69, 9.17) is 0 Å². The first-order chi connectivity index (χ1) is 29.3. The van der Waals surface area contributed by atoms with Crippen molar-refractivity contribution >= 4 is 81.7 Å². The molecular weight excluding hydrogens is 747 g/mol. The van der Waals surface area contributed by atoms with E-state index in [1.807, 2.05) is 0 Å². The van der Waals surface area contributed by atoms with Crippen molar-refractivity contribution in [1.29, 1.82) is 0 Å². The molecule has 4 aliphatic rings. The number of hydrogen-bond donors (Lipinski definition) is 0. The van der Waals surface area contributed by atoms with Gasteiger partial charge in [-0.2, -0.15) is 0 Å². The molecule has 0 aliphatic heterocycles. The Morgan fingerprint density at radius 3 is 1.46 bits per heavy atom. The second-order valence-electron chi connectivity index (χ2n) is 21.6. The van der Waals surface area contributed by atoms with Crippen molar-refractivity contribution in [1.82, 2.24) is 13.5 Å². The van der Waals surface area contributed by atoms with Crippen LogP contribution in [0.1, 0.15) is 91.2 Å². The standard InChI is InChI=1S/C56H51N3O2/c1-54(2,3)34-15-19-46-41(24-34)52(60)43-26-36(27-44-49(43)58(46)47-20-16-35(55(4,5)6)25-42(47)53(44)61)57-45-13-9-7-11-37(45)39-17-18-40-38-12-8-10-14-48(38)59(51(40)50(39)57)56-28-31-21-32(29-56)23-33(22-31)30-56/h7-20,24-27,31-33H,21-23,28-30H2,1-6H3. The summed E-state index contributed by atoms with van der Waals surface area (Å²) in [6.07, 6.45) is 7.84. The van der Waals surface area contributed by atoms with Gasteiger partial charge in [0.05, 0.1) is 33.1 Å². The molecule has 0 saturated heterocycles. The van der Waals surface area contributed by atoms with Crippen molar-refractivity contribution in [3.8, 4) is 5.69 Å². The highest BCUT2D eigenvalue weighted by molar-refractivity contribution is 6.23. The van der Waals surface area contributed by atoms with Gasteiger partial charge in [0, 0.05) is 59.8 Å². The van der Waals surface area contributed by atoms with E-state index in [0.717, 1.165) is 56.6 Å². The molecule has 14 rings (SSSR count). The van der Waals surface area contributed by atoms with Crippen LogP contribution < -0.4 is 10.9 Å². The van der Waals surface area contributed by atoms with Gasteiger partial charge in [0.25, 0.3) is 0 Å². The predicted octanol–water partition coefficient (Wildman–Crippen LogP) is 13.3. The molecule has 0 radical (unpaired) electrons. The van der Waals surface area contributed by atoms with Crippen LogP contribution in [-0.2, 0) is 16.4 Å². The van der Waals surface area contributed by atoms with Crippen LogP contribution in [0.3, 0.4) is 0 Å². The topological polar surface area (TPSA) is 48.4 Å². The Bertz CT molecular complexity index is 3540. The Balaban J connectivity index is 1.22. The lowest BCUT2D eigenvalue weighted by Gasteiger charge is -2.57. The van der Waals surface area contributed by atoms with E-state index >= 15 is 9.59 Å². The lowest BCUT2D eigenvalue weighted by molar-refractivity contribution is -0.0386. The summed E-state index contributed by atoms with van der Waals surface area (Å²) >= 11 is 0. The lowest BCUT2D eigenvalue weighted by atomic mass is 9.53. The Labute approximate surface area is 354 Å². The molecule has 4 saturated carbocycles. The lowest BCUT2D eigenvalue weighted by Crippen LogP contribution is -2.51. The van der Waals surface area contributed by atoms with E-state index in [1.54, 1.807) is 0 Å². The molecular formula is C56H51N3O2. The molecule has 0 spiro atoms. The SMILES string of the molecule is CC(C)(C)c1ccc2c(c1)c(=O)c1cc(-n3c4ccccc4c4ccc5c6ccccc6n(C67CC8CC(CC(C8)C6)C7)c5c43)cc3c(=O)c4cc(C(C)(C)C)ccc4n2c13. The predicted molar refractivity (Wildman–Crippen MR) is 255 cm³/mol. The summed E-state index contributed by atoms with van der Waals surface area (Å²) in [6, 6.07) is 39.4. The molecule has 61 heavy (non-hydrogen) atoms. The van der Waals surface area contributed by atoms with Crippen LogP contribution in [0.15, 0.2) is 119 Å². The number of pyridine rings is 2. The molecule has 4 fully saturated rings. The summed E-state index contributed by atoms with van der Waals surface area (Å²) in [4.78, 5) is 30.5. The third-order valence-electron chi connectivity index (χ3n) is 15.7. The van der Waals surface area contributed by atoms with Crippen molar-refractivity contribution in [2.45, 2.75) is 96.4 Å². The van der Waals surface area contributed by atoms with E-state index in [2.05, 4.69) is 164 Å². The molecule has 4 aliphatic carbocycles. The minimum atomic E-state index is -0.149. The van der Waals surface area contributed by atoms with Gasteiger partial charge in [-0.25, -0.2) is 0 Å². The molecule has 302 valence electrons. The first-order valence-corrected chi connectivity index (χ1v) is 22.6. The number of fused-ring (bicyclic) bond motifs is 11. The summed E-state index contributed by atoms with van der Waals surface area (Å²) in [5, 5.41) is 7.44. The Morgan fingerprint density at radius 1 is 0.459 bits per heavy atom. The zero-order valence-electron chi connectivity index (χ0n) is 36.0. The Hall–Kier alpha value is -5.94. The first-order valence-electron chi connectivity index (χ1n) is 22.6. The second kappa shape index (κ2) is 11.7. The maximum atomic E-state index is 15.3. The van der Waals surface area contributed by atoms with Crippen molar-refractivity contribution in [2.24, 2.45) is 17.8 Å². The fourth-order valence-corrected chi connectivity index (χ4v) is 13.4. The van der Waals surface area contributed by atoms with Crippen LogP contribution in [-0.4, -0.2) is 13.5 Å². The van der Waals surface area contributed by atoms with Crippen molar-refractivity contribution < 1.29 is 0 Å². The van der Waals surface area contributed by atoms with Crippen LogP contribution in [0.4, 0.5) is 0 Å². The fraction of sp³-hybridized carbons (Fsp3) is 0.321. The average Bonchev–Trinajstić information content (AvgIpc) is 3.76. The maximum Gasteiger partial charge on any atom is 0.197 e. The highest BCUT2D eigenvalue weighted by Crippen LogP contribution is 2.61. The third-order valence-corrected chi connectivity index (χ3v) is 15.7. The van der Waals surface area contributed by atoms with Crippen LogP contribution in [0.5, 0.6) is 0 Å². The number of rotatable bonds is 2. The van der Waals surface area contributed by atoms with Gasteiger partial charge < -0.3 is 13.5 Å². The molecule has 4 heterocycles. The zero-order chi connectivity index (χ0) is 41.5. The van der Waals surface area contributed by atoms with Crippen molar-refractivity contribution in [3.05, 3.63) is 141 Å². The highest BCUT2D eigenvalue weighted by atomic mass is 16.1. The molecule has 10 aromatic rings. The average molecular weight is 798 g/mol. The van der Waals surface area contributed by atoms with Gasteiger partial charge in [0.15, 0.2) is 10.9 Å². The van der Waals surface area contributed by atoms with Gasteiger partial charge >= 0.3 is 0 Å². The molecule has 5 nitrogen and oxygen atoms in total. The fourth-order valence-electron chi connectivity index (χ4n) is 13.4.